The van der Waals surface area contributed by atoms with Crippen LogP contribution in [0, 0.1) is 5.82 Å². The summed E-state index contributed by atoms with van der Waals surface area (Å²) in [5.41, 5.74) is 5.99. The van der Waals surface area contributed by atoms with Crippen molar-refractivity contribution in [2.45, 2.75) is 18.7 Å². The van der Waals surface area contributed by atoms with Gasteiger partial charge in [-0.2, -0.15) is 5.10 Å². The molecule has 0 N–H and O–H groups in total. The molecule has 32 heavy (non-hydrogen) atoms. The molecule has 6 rings (SSSR count). The number of ether oxygens (including phenoxy) is 1. The molecule has 2 aliphatic heterocycles. The van der Waals surface area contributed by atoms with Crippen LogP contribution >= 0.6 is 0 Å². The Bertz CT molecular complexity index is 1300. The topological polar surface area (TPSA) is 24.8 Å². The third kappa shape index (κ3) is 3.16. The molecule has 0 saturated heterocycles. The van der Waals surface area contributed by atoms with Crippen LogP contribution in [-0.2, 0) is 0 Å². The first-order valence-corrected chi connectivity index (χ1v) is 10.8. The largest absolute Gasteiger partial charge is 0.464 e. The molecule has 3 nitrogen and oxygen atoms in total. The van der Waals surface area contributed by atoms with Gasteiger partial charge in [-0.05, 0) is 28.8 Å². The minimum atomic E-state index is -0.600. The number of fused-ring (bicyclic) bond motifs is 3. The first kappa shape index (κ1) is 18.8. The van der Waals surface area contributed by atoms with E-state index >= 15 is 0 Å². The van der Waals surface area contributed by atoms with Crippen molar-refractivity contribution in [1.29, 1.82) is 0 Å². The number of benzene rings is 4. The van der Waals surface area contributed by atoms with Gasteiger partial charge in [-0.25, -0.2) is 9.40 Å². The molecule has 2 aliphatic rings. The molecule has 156 valence electrons. The summed E-state index contributed by atoms with van der Waals surface area (Å²) in [6.07, 6.45) is 0.146. The zero-order chi connectivity index (χ0) is 21.5. The minimum Gasteiger partial charge on any atom is -0.464 e. The molecule has 0 amide bonds. The molecule has 0 saturated carbocycles. The average Bonchev–Trinajstić information content (AvgIpc) is 3.31. The summed E-state index contributed by atoms with van der Waals surface area (Å²) in [4.78, 5) is 0. The Labute approximate surface area is 186 Å². The van der Waals surface area contributed by atoms with Crippen molar-refractivity contribution in [2.75, 3.05) is 0 Å². The molecule has 0 spiro atoms. The summed E-state index contributed by atoms with van der Waals surface area (Å²) in [6, 6.07) is 33.6. The van der Waals surface area contributed by atoms with Crippen molar-refractivity contribution >= 4 is 5.71 Å². The first-order valence-electron chi connectivity index (χ1n) is 10.8. The molecule has 2 heterocycles. The maximum Gasteiger partial charge on any atom is 0.216 e. The van der Waals surface area contributed by atoms with Gasteiger partial charge in [0.05, 0.1) is 17.3 Å². The van der Waals surface area contributed by atoms with Gasteiger partial charge in [0.15, 0.2) is 0 Å². The highest BCUT2D eigenvalue weighted by Crippen LogP contribution is 2.47. The minimum absolute atomic E-state index is 0.00774. The molecular formula is C28H21FN2O. The first-order chi connectivity index (χ1) is 15.8. The molecule has 0 bridgehead atoms. The van der Waals surface area contributed by atoms with Crippen molar-refractivity contribution in [1.82, 2.24) is 5.01 Å². The van der Waals surface area contributed by atoms with Crippen LogP contribution in [0.15, 0.2) is 108 Å². The van der Waals surface area contributed by atoms with Gasteiger partial charge >= 0.3 is 0 Å². The highest BCUT2D eigenvalue weighted by molar-refractivity contribution is 6.02. The monoisotopic (exact) mass is 420 g/mol. The maximum absolute atomic E-state index is 14.7. The summed E-state index contributed by atoms with van der Waals surface area (Å²) in [5, 5.41) is 6.86. The Kier molecular flexibility index (Phi) is 4.50. The highest BCUT2D eigenvalue weighted by atomic mass is 19.1. The van der Waals surface area contributed by atoms with E-state index in [-0.39, 0.29) is 11.9 Å². The van der Waals surface area contributed by atoms with Crippen LogP contribution in [0.3, 0.4) is 0 Å². The average molecular weight is 420 g/mol. The van der Waals surface area contributed by atoms with Gasteiger partial charge in [0, 0.05) is 12.0 Å². The van der Waals surface area contributed by atoms with Crippen molar-refractivity contribution in [2.24, 2.45) is 5.10 Å². The Morgan fingerprint density at radius 1 is 0.688 bits per heavy atom. The normalized spacial score (nSPS) is 19.0. The summed E-state index contributed by atoms with van der Waals surface area (Å²) in [6.45, 7) is 0. The molecule has 4 aromatic carbocycles. The quantitative estimate of drug-likeness (QED) is 0.367. The van der Waals surface area contributed by atoms with E-state index in [2.05, 4.69) is 42.5 Å². The molecular weight excluding hydrogens is 399 g/mol. The van der Waals surface area contributed by atoms with Crippen molar-refractivity contribution in [3.05, 3.63) is 126 Å². The third-order valence-electron chi connectivity index (χ3n) is 6.20. The van der Waals surface area contributed by atoms with Gasteiger partial charge in [0.1, 0.15) is 11.6 Å². The molecule has 4 heteroatoms. The lowest BCUT2D eigenvalue weighted by Gasteiger charge is -2.38. The van der Waals surface area contributed by atoms with Crippen molar-refractivity contribution < 1.29 is 9.13 Å². The van der Waals surface area contributed by atoms with Crippen LogP contribution in [0.5, 0.6) is 5.75 Å². The second-order valence-electron chi connectivity index (χ2n) is 8.12. The standard InChI is InChI=1S/C28H21FN2O/c29-24-12-6-4-10-22(24)28-31-26(23-11-5-7-13-27(23)32-28)18-25(30-31)21-16-14-20(15-17-21)19-8-2-1-3-9-19/h1-17,26,28H,18H2/t26-,28+/m1/s1. The Balaban J connectivity index is 1.38. The van der Waals surface area contributed by atoms with Crippen LogP contribution < -0.4 is 4.74 Å². The van der Waals surface area contributed by atoms with Crippen LogP contribution in [-0.4, -0.2) is 10.7 Å². The fourth-order valence-corrected chi connectivity index (χ4v) is 4.57. The molecule has 0 fully saturated rings. The van der Waals surface area contributed by atoms with E-state index in [9.17, 15) is 4.39 Å². The molecule has 0 aromatic heterocycles. The Morgan fingerprint density at radius 3 is 2.09 bits per heavy atom. The predicted molar refractivity (Wildman–Crippen MR) is 124 cm³/mol. The SMILES string of the molecule is Fc1ccccc1[C@@H]1Oc2ccccc2[C@H]2CC(c3ccc(-c4ccccc4)cc3)=NN21. The maximum atomic E-state index is 14.7. The molecule has 0 unspecified atom stereocenters. The van der Waals surface area contributed by atoms with E-state index in [1.54, 1.807) is 12.1 Å². The van der Waals surface area contributed by atoms with Gasteiger partial charge < -0.3 is 4.74 Å². The Morgan fingerprint density at radius 2 is 1.31 bits per heavy atom. The lowest BCUT2D eigenvalue weighted by molar-refractivity contribution is -0.0212. The second-order valence-corrected chi connectivity index (χ2v) is 8.12. The lowest BCUT2D eigenvalue weighted by atomic mass is 9.95. The summed E-state index contributed by atoms with van der Waals surface area (Å²) in [7, 11) is 0. The molecule has 4 aromatic rings. The smallest absolute Gasteiger partial charge is 0.216 e. The van der Waals surface area contributed by atoms with Crippen LogP contribution in [0.25, 0.3) is 11.1 Å². The summed E-state index contributed by atoms with van der Waals surface area (Å²) < 4.78 is 20.9. The molecule has 0 radical (unpaired) electrons. The van der Waals surface area contributed by atoms with Gasteiger partial charge in [0.25, 0.3) is 0 Å². The number of rotatable bonds is 3. The third-order valence-corrected chi connectivity index (χ3v) is 6.20. The predicted octanol–water partition coefficient (Wildman–Crippen LogP) is 6.74. The van der Waals surface area contributed by atoms with E-state index in [1.165, 1.54) is 17.2 Å². The van der Waals surface area contributed by atoms with E-state index in [1.807, 2.05) is 47.5 Å². The van der Waals surface area contributed by atoms with Gasteiger partial charge in [0.2, 0.25) is 6.23 Å². The number of hydrogen-bond donors (Lipinski definition) is 0. The number of nitrogens with zero attached hydrogens (tertiary/aromatic N) is 2. The number of hydrazone groups is 1. The number of halogens is 1. The number of hydrogen-bond acceptors (Lipinski definition) is 3. The Hall–Kier alpha value is -3.92. The zero-order valence-corrected chi connectivity index (χ0v) is 17.4. The van der Waals surface area contributed by atoms with Crippen LogP contribution in [0.4, 0.5) is 4.39 Å². The fraction of sp³-hybridized carbons (Fsp3) is 0.107. The van der Waals surface area contributed by atoms with Gasteiger partial charge in [-0.1, -0.05) is 91.0 Å². The number of para-hydroxylation sites is 1. The van der Waals surface area contributed by atoms with E-state index < -0.39 is 6.23 Å². The van der Waals surface area contributed by atoms with E-state index in [4.69, 9.17) is 9.84 Å². The van der Waals surface area contributed by atoms with Crippen molar-refractivity contribution in [3.63, 3.8) is 0 Å². The van der Waals surface area contributed by atoms with E-state index in [0.717, 1.165) is 29.0 Å². The van der Waals surface area contributed by atoms with Crippen molar-refractivity contribution in [3.8, 4) is 16.9 Å². The summed E-state index contributed by atoms with van der Waals surface area (Å²) >= 11 is 0. The zero-order valence-electron chi connectivity index (χ0n) is 17.4. The molecule has 2 atom stereocenters. The van der Waals surface area contributed by atoms with Crippen LogP contribution in [0.2, 0.25) is 0 Å². The van der Waals surface area contributed by atoms with Gasteiger partial charge in [-0.15, -0.1) is 0 Å². The van der Waals surface area contributed by atoms with Crippen LogP contribution in [0.1, 0.15) is 35.4 Å². The van der Waals surface area contributed by atoms with Gasteiger partial charge in [-0.3, -0.25) is 0 Å². The second kappa shape index (κ2) is 7.65. The fourth-order valence-electron chi connectivity index (χ4n) is 4.57. The molecule has 0 aliphatic carbocycles. The summed E-state index contributed by atoms with van der Waals surface area (Å²) in [5.74, 6) is 0.504. The highest BCUT2D eigenvalue weighted by Gasteiger charge is 2.41. The van der Waals surface area contributed by atoms with E-state index in [0.29, 0.717) is 5.56 Å². The lowest BCUT2D eigenvalue weighted by Crippen LogP contribution is -2.34.